The molecule has 0 unspecified atom stereocenters. The number of halogens is 2. The Hall–Kier alpha value is -0.320. The van der Waals surface area contributed by atoms with Crippen LogP contribution >= 0.6 is 28.3 Å². The molecule has 0 fully saturated rings. The zero-order valence-electron chi connectivity index (χ0n) is 6.37. The van der Waals surface area contributed by atoms with Crippen LogP contribution < -0.4 is 10.5 Å². The number of ether oxygens (including phenoxy) is 1. The summed E-state index contributed by atoms with van der Waals surface area (Å²) in [5.41, 5.74) is 5.26. The summed E-state index contributed by atoms with van der Waals surface area (Å²) in [5, 5.41) is 0. The predicted molar refractivity (Wildman–Crippen MR) is 53.7 cm³/mol. The summed E-state index contributed by atoms with van der Waals surface area (Å²) < 4.78 is 6.13. The standard InChI is InChI=1S/C7H9BrN2O.ClH/c8-6-3-7(5-10-4-6)11-2-1-9;/h3-5H,1-2,9H2;1H. The topological polar surface area (TPSA) is 48.1 Å². The van der Waals surface area contributed by atoms with Crippen LogP contribution in [0, 0.1) is 0 Å². The fourth-order valence-corrected chi connectivity index (χ4v) is 0.992. The van der Waals surface area contributed by atoms with E-state index < -0.39 is 0 Å². The summed E-state index contributed by atoms with van der Waals surface area (Å²) in [6.07, 6.45) is 3.36. The van der Waals surface area contributed by atoms with Crippen molar-refractivity contribution >= 4 is 28.3 Å². The molecule has 0 amide bonds. The minimum atomic E-state index is 0. The van der Waals surface area contributed by atoms with Crippen LogP contribution in [-0.2, 0) is 0 Å². The lowest BCUT2D eigenvalue weighted by Crippen LogP contribution is -2.10. The average molecular weight is 254 g/mol. The van der Waals surface area contributed by atoms with Gasteiger partial charge in [0.1, 0.15) is 12.4 Å². The van der Waals surface area contributed by atoms with Crippen LogP contribution in [0.3, 0.4) is 0 Å². The molecular weight excluding hydrogens is 243 g/mol. The molecule has 1 rings (SSSR count). The summed E-state index contributed by atoms with van der Waals surface area (Å²) in [6.45, 7) is 1.05. The van der Waals surface area contributed by atoms with Crippen LogP contribution in [0.4, 0.5) is 0 Å². The molecule has 1 heterocycles. The van der Waals surface area contributed by atoms with Gasteiger partial charge in [-0.2, -0.15) is 0 Å². The Bertz CT molecular complexity index is 234. The Morgan fingerprint density at radius 3 is 2.83 bits per heavy atom. The molecular formula is C7H10BrClN2O. The van der Waals surface area contributed by atoms with E-state index in [-0.39, 0.29) is 12.4 Å². The molecule has 3 nitrogen and oxygen atoms in total. The lowest BCUT2D eigenvalue weighted by atomic mass is 10.5. The summed E-state index contributed by atoms with van der Waals surface area (Å²) in [7, 11) is 0. The fraction of sp³-hybridized carbons (Fsp3) is 0.286. The minimum absolute atomic E-state index is 0. The van der Waals surface area contributed by atoms with Gasteiger partial charge in [-0.1, -0.05) is 0 Å². The van der Waals surface area contributed by atoms with Crippen LogP contribution in [0.1, 0.15) is 0 Å². The third-order valence-electron chi connectivity index (χ3n) is 1.07. The molecule has 0 radical (unpaired) electrons. The highest BCUT2D eigenvalue weighted by atomic mass is 79.9. The van der Waals surface area contributed by atoms with E-state index in [4.69, 9.17) is 10.5 Å². The van der Waals surface area contributed by atoms with E-state index in [1.54, 1.807) is 12.4 Å². The molecule has 1 aromatic heterocycles. The number of aromatic nitrogens is 1. The van der Waals surface area contributed by atoms with Crippen molar-refractivity contribution in [3.05, 3.63) is 22.9 Å². The van der Waals surface area contributed by atoms with Crippen LogP contribution in [0.15, 0.2) is 22.9 Å². The van der Waals surface area contributed by atoms with E-state index in [1.807, 2.05) is 6.07 Å². The lowest BCUT2D eigenvalue weighted by molar-refractivity contribution is 0.327. The Kier molecular flexibility index (Phi) is 6.06. The maximum absolute atomic E-state index is 5.26. The fourth-order valence-electron chi connectivity index (χ4n) is 0.648. The van der Waals surface area contributed by atoms with Gasteiger partial charge in [0.25, 0.3) is 0 Å². The van der Waals surface area contributed by atoms with Crippen LogP contribution in [-0.4, -0.2) is 18.1 Å². The third-order valence-corrected chi connectivity index (χ3v) is 1.50. The van der Waals surface area contributed by atoms with Crippen molar-refractivity contribution in [1.82, 2.24) is 4.98 Å². The van der Waals surface area contributed by atoms with Crippen molar-refractivity contribution in [2.75, 3.05) is 13.2 Å². The van der Waals surface area contributed by atoms with Crippen LogP contribution in [0.25, 0.3) is 0 Å². The maximum Gasteiger partial charge on any atom is 0.138 e. The Morgan fingerprint density at radius 2 is 2.25 bits per heavy atom. The van der Waals surface area contributed by atoms with E-state index in [2.05, 4.69) is 20.9 Å². The highest BCUT2D eigenvalue weighted by molar-refractivity contribution is 9.10. The van der Waals surface area contributed by atoms with Crippen LogP contribution in [0.5, 0.6) is 5.75 Å². The molecule has 0 aliphatic heterocycles. The molecule has 1 aromatic rings. The molecule has 12 heavy (non-hydrogen) atoms. The van der Waals surface area contributed by atoms with E-state index in [0.29, 0.717) is 13.2 Å². The number of rotatable bonds is 3. The molecule has 0 atom stereocenters. The smallest absolute Gasteiger partial charge is 0.138 e. The van der Waals surface area contributed by atoms with Gasteiger partial charge in [0.05, 0.1) is 6.20 Å². The first-order chi connectivity index (χ1) is 5.33. The molecule has 0 aromatic carbocycles. The van der Waals surface area contributed by atoms with Gasteiger partial charge in [-0.3, -0.25) is 4.98 Å². The van der Waals surface area contributed by atoms with Crippen LogP contribution in [0.2, 0.25) is 0 Å². The van der Waals surface area contributed by atoms with Crippen molar-refractivity contribution in [3.63, 3.8) is 0 Å². The van der Waals surface area contributed by atoms with E-state index >= 15 is 0 Å². The second kappa shape index (κ2) is 6.22. The molecule has 5 heteroatoms. The number of hydrogen-bond acceptors (Lipinski definition) is 3. The molecule has 0 saturated carbocycles. The predicted octanol–water partition coefficient (Wildman–Crippen LogP) is 1.60. The summed E-state index contributed by atoms with van der Waals surface area (Å²) in [6, 6.07) is 1.85. The Labute approximate surface area is 85.9 Å². The first kappa shape index (κ1) is 11.7. The van der Waals surface area contributed by atoms with Gasteiger partial charge >= 0.3 is 0 Å². The lowest BCUT2D eigenvalue weighted by Gasteiger charge is -2.02. The quantitative estimate of drug-likeness (QED) is 0.890. The van der Waals surface area contributed by atoms with Crippen molar-refractivity contribution in [1.29, 1.82) is 0 Å². The van der Waals surface area contributed by atoms with Gasteiger partial charge in [0, 0.05) is 17.2 Å². The summed E-state index contributed by atoms with van der Waals surface area (Å²) in [5.74, 6) is 0.741. The normalized spacial score (nSPS) is 8.83. The number of hydrogen-bond donors (Lipinski definition) is 1. The van der Waals surface area contributed by atoms with Gasteiger partial charge in [-0.25, -0.2) is 0 Å². The number of nitrogens with two attached hydrogens (primary N) is 1. The van der Waals surface area contributed by atoms with Crippen molar-refractivity contribution in [2.24, 2.45) is 5.73 Å². The molecule has 2 N–H and O–H groups in total. The van der Waals surface area contributed by atoms with Gasteiger partial charge in [0.15, 0.2) is 0 Å². The van der Waals surface area contributed by atoms with Crippen molar-refractivity contribution in [3.8, 4) is 5.75 Å². The van der Waals surface area contributed by atoms with Gasteiger partial charge in [-0.15, -0.1) is 12.4 Å². The molecule has 0 spiro atoms. The van der Waals surface area contributed by atoms with E-state index in [9.17, 15) is 0 Å². The SMILES string of the molecule is Cl.NCCOc1cncc(Br)c1. The molecule has 0 saturated heterocycles. The first-order valence-electron chi connectivity index (χ1n) is 3.26. The van der Waals surface area contributed by atoms with Gasteiger partial charge in [-0.05, 0) is 22.0 Å². The Balaban J connectivity index is 0.00000121. The van der Waals surface area contributed by atoms with E-state index in [0.717, 1.165) is 10.2 Å². The maximum atomic E-state index is 5.26. The van der Waals surface area contributed by atoms with Crippen molar-refractivity contribution in [2.45, 2.75) is 0 Å². The number of nitrogens with zero attached hydrogens (tertiary/aromatic N) is 1. The average Bonchev–Trinajstić information content (AvgIpc) is 2.01. The highest BCUT2D eigenvalue weighted by Crippen LogP contribution is 2.15. The molecule has 0 aliphatic carbocycles. The highest BCUT2D eigenvalue weighted by Gasteiger charge is 1.92. The summed E-state index contributed by atoms with van der Waals surface area (Å²) >= 11 is 3.28. The first-order valence-corrected chi connectivity index (χ1v) is 4.05. The second-order valence-electron chi connectivity index (χ2n) is 1.98. The molecule has 0 bridgehead atoms. The van der Waals surface area contributed by atoms with Gasteiger partial charge in [0.2, 0.25) is 0 Å². The monoisotopic (exact) mass is 252 g/mol. The van der Waals surface area contributed by atoms with Crippen molar-refractivity contribution < 1.29 is 4.74 Å². The number of pyridine rings is 1. The summed E-state index contributed by atoms with van der Waals surface area (Å²) in [4.78, 5) is 3.92. The third kappa shape index (κ3) is 3.90. The van der Waals surface area contributed by atoms with E-state index in [1.165, 1.54) is 0 Å². The second-order valence-corrected chi connectivity index (χ2v) is 2.89. The molecule has 0 aliphatic rings. The van der Waals surface area contributed by atoms with Gasteiger partial charge < -0.3 is 10.5 Å². The zero-order chi connectivity index (χ0) is 8.10. The minimum Gasteiger partial charge on any atom is -0.491 e. The zero-order valence-corrected chi connectivity index (χ0v) is 8.77. The largest absolute Gasteiger partial charge is 0.491 e. The Morgan fingerprint density at radius 1 is 1.50 bits per heavy atom. The molecule has 68 valence electrons.